The Morgan fingerprint density at radius 3 is 2.64 bits per heavy atom. The minimum absolute atomic E-state index is 0.00259. The van der Waals surface area contributed by atoms with Gasteiger partial charge in [0.2, 0.25) is 0 Å². The normalized spacial score (nSPS) is 10.0. The molecule has 14 heavy (non-hydrogen) atoms. The smallest absolute Gasteiger partial charge is 0.253 e. The Hall–Kier alpha value is -0.900. The lowest BCUT2D eigenvalue weighted by Crippen LogP contribution is -2.21. The van der Waals surface area contributed by atoms with E-state index in [0.29, 0.717) is 10.2 Å². The number of aryl methyl sites for hydroxylation is 1. The Kier molecular flexibility index (Phi) is 3.63. The van der Waals surface area contributed by atoms with Gasteiger partial charge in [-0.25, -0.2) is 4.98 Å². The first-order valence-electron chi connectivity index (χ1n) is 4.42. The van der Waals surface area contributed by atoms with Crippen LogP contribution in [0.15, 0.2) is 16.7 Å². The number of carbonyl (C=O) groups is 1. The van der Waals surface area contributed by atoms with E-state index in [0.717, 1.165) is 12.1 Å². The van der Waals surface area contributed by atoms with Crippen molar-refractivity contribution in [2.75, 3.05) is 14.1 Å². The number of aromatic nitrogens is 1. The van der Waals surface area contributed by atoms with Crippen LogP contribution in [0.3, 0.4) is 0 Å². The van der Waals surface area contributed by atoms with Crippen LogP contribution in [-0.2, 0) is 6.42 Å². The Morgan fingerprint density at radius 2 is 2.14 bits per heavy atom. The van der Waals surface area contributed by atoms with Crippen LogP contribution >= 0.6 is 15.9 Å². The lowest BCUT2D eigenvalue weighted by molar-refractivity contribution is 0.0827. The highest BCUT2D eigenvalue weighted by Gasteiger charge is 2.09. The quantitative estimate of drug-likeness (QED) is 0.760. The van der Waals surface area contributed by atoms with E-state index in [2.05, 4.69) is 20.9 Å². The molecule has 4 heteroatoms. The van der Waals surface area contributed by atoms with Crippen molar-refractivity contribution in [1.29, 1.82) is 0 Å². The van der Waals surface area contributed by atoms with Crippen molar-refractivity contribution >= 4 is 21.8 Å². The summed E-state index contributed by atoms with van der Waals surface area (Å²) in [5, 5.41) is 0. The molecule has 0 spiro atoms. The second-order valence-corrected chi connectivity index (χ2v) is 4.04. The summed E-state index contributed by atoms with van der Waals surface area (Å²) < 4.78 is 0.710. The van der Waals surface area contributed by atoms with Crippen molar-refractivity contribution < 1.29 is 4.79 Å². The zero-order valence-corrected chi connectivity index (χ0v) is 10.1. The minimum Gasteiger partial charge on any atom is -0.345 e. The van der Waals surface area contributed by atoms with E-state index in [1.54, 1.807) is 25.1 Å². The molecule has 0 fully saturated rings. The van der Waals surface area contributed by atoms with Gasteiger partial charge in [0.05, 0.1) is 0 Å². The van der Waals surface area contributed by atoms with E-state index in [-0.39, 0.29) is 5.91 Å². The van der Waals surface area contributed by atoms with Gasteiger partial charge in [0.15, 0.2) is 0 Å². The fourth-order valence-corrected chi connectivity index (χ4v) is 1.59. The first-order chi connectivity index (χ1) is 6.54. The maximum Gasteiger partial charge on any atom is 0.253 e. The van der Waals surface area contributed by atoms with E-state index in [4.69, 9.17) is 0 Å². The van der Waals surface area contributed by atoms with E-state index in [9.17, 15) is 4.79 Å². The van der Waals surface area contributed by atoms with Crippen LogP contribution in [0.25, 0.3) is 0 Å². The predicted molar refractivity (Wildman–Crippen MR) is 59.3 cm³/mol. The Balaban J connectivity index is 3.09. The topological polar surface area (TPSA) is 33.2 Å². The fourth-order valence-electron chi connectivity index (χ4n) is 1.11. The number of hydrogen-bond donors (Lipinski definition) is 0. The van der Waals surface area contributed by atoms with Gasteiger partial charge in [-0.1, -0.05) is 6.92 Å². The lowest BCUT2D eigenvalue weighted by Gasteiger charge is -2.11. The summed E-state index contributed by atoms with van der Waals surface area (Å²) in [5.74, 6) is 0.00259. The van der Waals surface area contributed by atoms with Crippen LogP contribution in [0.2, 0.25) is 0 Å². The van der Waals surface area contributed by atoms with Gasteiger partial charge >= 0.3 is 0 Å². The largest absolute Gasteiger partial charge is 0.345 e. The van der Waals surface area contributed by atoms with Crippen molar-refractivity contribution in [1.82, 2.24) is 9.88 Å². The highest BCUT2D eigenvalue weighted by molar-refractivity contribution is 9.10. The van der Waals surface area contributed by atoms with Gasteiger partial charge < -0.3 is 4.90 Å². The van der Waals surface area contributed by atoms with E-state index in [1.165, 1.54) is 0 Å². The highest BCUT2D eigenvalue weighted by atomic mass is 79.9. The molecular formula is C10H13BrN2O. The zero-order valence-electron chi connectivity index (χ0n) is 8.54. The number of halogens is 1. The average molecular weight is 257 g/mol. The first kappa shape index (κ1) is 11.2. The third-order valence-electron chi connectivity index (χ3n) is 1.86. The molecule has 0 radical (unpaired) electrons. The highest BCUT2D eigenvalue weighted by Crippen LogP contribution is 2.13. The van der Waals surface area contributed by atoms with Gasteiger partial charge in [0.25, 0.3) is 5.91 Å². The molecule has 0 atom stereocenters. The number of carbonyl (C=O) groups excluding carboxylic acids is 1. The van der Waals surface area contributed by atoms with Crippen molar-refractivity contribution in [2.24, 2.45) is 0 Å². The van der Waals surface area contributed by atoms with E-state index < -0.39 is 0 Å². The van der Waals surface area contributed by atoms with E-state index in [1.807, 2.05) is 13.0 Å². The molecule has 1 rings (SSSR count). The monoisotopic (exact) mass is 256 g/mol. The van der Waals surface area contributed by atoms with Crippen LogP contribution in [0.4, 0.5) is 0 Å². The standard InChI is InChI=1S/C10H13BrN2O/c1-4-8-5-7(6-9(11)12-8)10(14)13(2)3/h5-6H,4H2,1-3H3. The summed E-state index contributed by atoms with van der Waals surface area (Å²) in [6.07, 6.45) is 0.827. The lowest BCUT2D eigenvalue weighted by atomic mass is 10.2. The van der Waals surface area contributed by atoms with Crippen LogP contribution in [0.1, 0.15) is 23.0 Å². The number of rotatable bonds is 2. The molecule has 0 bridgehead atoms. The van der Waals surface area contributed by atoms with Gasteiger partial charge in [-0.15, -0.1) is 0 Å². The Labute approximate surface area is 92.3 Å². The van der Waals surface area contributed by atoms with Crippen molar-refractivity contribution in [3.05, 3.63) is 28.0 Å². The van der Waals surface area contributed by atoms with Crippen LogP contribution in [0, 0.1) is 0 Å². The van der Waals surface area contributed by atoms with Gasteiger partial charge in [-0.05, 0) is 34.5 Å². The summed E-state index contributed by atoms with van der Waals surface area (Å²) in [6, 6.07) is 3.56. The molecule has 3 nitrogen and oxygen atoms in total. The third kappa shape index (κ3) is 2.54. The molecule has 0 aliphatic rings. The summed E-state index contributed by atoms with van der Waals surface area (Å²) in [7, 11) is 3.48. The molecule has 0 saturated carbocycles. The molecule has 0 unspecified atom stereocenters. The van der Waals surface area contributed by atoms with Crippen LogP contribution in [-0.4, -0.2) is 29.9 Å². The molecule has 1 amide bonds. The molecular weight excluding hydrogens is 244 g/mol. The van der Waals surface area contributed by atoms with Crippen LogP contribution < -0.4 is 0 Å². The molecule has 0 aromatic carbocycles. The molecule has 1 heterocycles. The minimum atomic E-state index is 0.00259. The van der Waals surface area contributed by atoms with Crippen molar-refractivity contribution in [3.8, 4) is 0 Å². The maximum absolute atomic E-state index is 11.6. The Morgan fingerprint density at radius 1 is 1.50 bits per heavy atom. The van der Waals surface area contributed by atoms with Gasteiger partial charge in [0.1, 0.15) is 4.60 Å². The fraction of sp³-hybridized carbons (Fsp3) is 0.400. The SMILES string of the molecule is CCc1cc(C(=O)N(C)C)cc(Br)n1. The Bertz CT molecular complexity index is 350. The van der Waals surface area contributed by atoms with Gasteiger partial charge in [-0.2, -0.15) is 0 Å². The average Bonchev–Trinajstić information content (AvgIpc) is 2.15. The van der Waals surface area contributed by atoms with Gasteiger partial charge in [0, 0.05) is 25.4 Å². The molecule has 0 aliphatic carbocycles. The number of hydrogen-bond acceptors (Lipinski definition) is 2. The van der Waals surface area contributed by atoms with Crippen molar-refractivity contribution in [3.63, 3.8) is 0 Å². The third-order valence-corrected chi connectivity index (χ3v) is 2.27. The summed E-state index contributed by atoms with van der Waals surface area (Å²) >= 11 is 3.29. The molecule has 76 valence electrons. The summed E-state index contributed by atoms with van der Waals surface area (Å²) in [6.45, 7) is 2.01. The molecule has 1 aromatic rings. The summed E-state index contributed by atoms with van der Waals surface area (Å²) in [4.78, 5) is 17.4. The second kappa shape index (κ2) is 4.55. The van der Waals surface area contributed by atoms with Crippen molar-refractivity contribution in [2.45, 2.75) is 13.3 Å². The van der Waals surface area contributed by atoms with Gasteiger partial charge in [-0.3, -0.25) is 4.79 Å². The molecule has 0 aliphatic heterocycles. The van der Waals surface area contributed by atoms with E-state index >= 15 is 0 Å². The zero-order chi connectivity index (χ0) is 10.7. The van der Waals surface area contributed by atoms with Crippen LogP contribution in [0.5, 0.6) is 0 Å². The maximum atomic E-state index is 11.6. The molecule has 0 saturated heterocycles. The number of amides is 1. The second-order valence-electron chi connectivity index (χ2n) is 3.22. The predicted octanol–water partition coefficient (Wildman–Crippen LogP) is 2.11. The number of pyridine rings is 1. The molecule has 1 aromatic heterocycles. The molecule has 0 N–H and O–H groups in total. The number of nitrogens with zero attached hydrogens (tertiary/aromatic N) is 2. The first-order valence-corrected chi connectivity index (χ1v) is 5.22. The summed E-state index contributed by atoms with van der Waals surface area (Å²) in [5.41, 5.74) is 1.60.